The minimum Gasteiger partial charge on any atom is -0.481 e. The van der Waals surface area contributed by atoms with E-state index in [1.807, 2.05) is 38.1 Å². The van der Waals surface area contributed by atoms with Gasteiger partial charge in [-0.3, -0.25) is 9.78 Å². The number of nitrogens with zero attached hydrogens (tertiary/aromatic N) is 2. The number of hydrogen-bond acceptors (Lipinski definition) is 3. The van der Waals surface area contributed by atoms with E-state index in [9.17, 15) is 9.59 Å². The molecule has 128 valence electrons. The third-order valence-electron chi connectivity index (χ3n) is 4.03. The lowest BCUT2D eigenvalue weighted by Crippen LogP contribution is -2.45. The number of hydrogen-bond donors (Lipinski definition) is 2. The molecule has 1 unspecified atom stereocenters. The molecule has 6 heteroatoms. The van der Waals surface area contributed by atoms with Crippen molar-refractivity contribution in [3.8, 4) is 0 Å². The normalized spacial score (nSPS) is 12.2. The largest absolute Gasteiger partial charge is 0.481 e. The first kappa shape index (κ1) is 17.7. The van der Waals surface area contributed by atoms with Gasteiger partial charge in [-0.2, -0.15) is 0 Å². The quantitative estimate of drug-likeness (QED) is 0.854. The summed E-state index contributed by atoms with van der Waals surface area (Å²) in [5.74, 6) is -0.875. The van der Waals surface area contributed by atoms with Crippen LogP contribution in [0.4, 0.5) is 4.79 Å². The second-order valence-electron chi connectivity index (χ2n) is 6.27. The number of benzene rings is 1. The highest BCUT2D eigenvalue weighted by Crippen LogP contribution is 2.19. The van der Waals surface area contributed by atoms with Crippen molar-refractivity contribution in [1.82, 2.24) is 15.2 Å². The van der Waals surface area contributed by atoms with Crippen molar-refractivity contribution in [3.63, 3.8) is 0 Å². The van der Waals surface area contributed by atoms with E-state index in [0.29, 0.717) is 6.54 Å². The molecule has 0 bridgehead atoms. The Hall–Kier alpha value is -2.63. The molecule has 1 atom stereocenters. The highest BCUT2D eigenvalue weighted by molar-refractivity contribution is 5.85. The first-order chi connectivity index (χ1) is 11.4. The number of carbonyl (C=O) groups is 2. The Bertz CT molecular complexity index is 725. The fraction of sp³-hybridized carbons (Fsp3) is 0.389. The second-order valence-corrected chi connectivity index (χ2v) is 6.27. The zero-order chi connectivity index (χ0) is 17.7. The molecule has 0 saturated heterocycles. The Morgan fingerprint density at radius 1 is 1.29 bits per heavy atom. The van der Waals surface area contributed by atoms with Gasteiger partial charge in [-0.1, -0.05) is 32.0 Å². The number of nitrogens with one attached hydrogen (secondary N) is 1. The Balaban J connectivity index is 2.09. The molecule has 0 spiro atoms. The van der Waals surface area contributed by atoms with Crippen LogP contribution in [0.15, 0.2) is 36.7 Å². The molecule has 0 aliphatic carbocycles. The van der Waals surface area contributed by atoms with Crippen molar-refractivity contribution in [2.75, 3.05) is 7.05 Å². The van der Waals surface area contributed by atoms with E-state index in [2.05, 4.69) is 10.3 Å². The summed E-state index contributed by atoms with van der Waals surface area (Å²) in [5.41, 5.74) is 1.02. The number of urea groups is 1. The van der Waals surface area contributed by atoms with E-state index in [4.69, 9.17) is 5.11 Å². The summed E-state index contributed by atoms with van der Waals surface area (Å²) >= 11 is 0. The highest BCUT2D eigenvalue weighted by Gasteiger charge is 2.21. The van der Waals surface area contributed by atoms with Crippen LogP contribution in [0.1, 0.15) is 25.8 Å². The maximum Gasteiger partial charge on any atom is 0.317 e. The Labute approximate surface area is 141 Å². The number of aliphatic carboxylic acids is 1. The summed E-state index contributed by atoms with van der Waals surface area (Å²) in [7, 11) is 1.70. The summed E-state index contributed by atoms with van der Waals surface area (Å²) in [6, 6.07) is 7.15. The number of carboxylic acid groups (broad SMARTS) is 1. The highest BCUT2D eigenvalue weighted by atomic mass is 16.4. The smallest absolute Gasteiger partial charge is 0.317 e. The lowest BCUT2D eigenvalue weighted by Gasteiger charge is -2.25. The first-order valence-electron chi connectivity index (χ1n) is 7.93. The Kier molecular flexibility index (Phi) is 5.73. The molecular formula is C18H23N3O3. The number of carboxylic acids is 1. The minimum atomic E-state index is -0.918. The van der Waals surface area contributed by atoms with Crippen LogP contribution in [0.5, 0.6) is 0 Å². The van der Waals surface area contributed by atoms with Gasteiger partial charge in [0.15, 0.2) is 0 Å². The van der Waals surface area contributed by atoms with Gasteiger partial charge >= 0.3 is 12.0 Å². The monoisotopic (exact) mass is 329 g/mol. The van der Waals surface area contributed by atoms with E-state index < -0.39 is 12.0 Å². The first-order valence-corrected chi connectivity index (χ1v) is 7.93. The molecule has 1 heterocycles. The molecule has 2 N–H and O–H groups in total. The van der Waals surface area contributed by atoms with E-state index in [1.165, 1.54) is 0 Å². The summed E-state index contributed by atoms with van der Waals surface area (Å²) < 4.78 is 0. The Morgan fingerprint density at radius 2 is 2.04 bits per heavy atom. The molecule has 2 amide bonds. The predicted molar refractivity (Wildman–Crippen MR) is 92.6 cm³/mol. The topological polar surface area (TPSA) is 82.5 Å². The van der Waals surface area contributed by atoms with Crippen molar-refractivity contribution in [1.29, 1.82) is 0 Å². The molecule has 1 aromatic carbocycles. The number of carbonyl (C=O) groups excluding carboxylic acids is 1. The van der Waals surface area contributed by atoms with Crippen molar-refractivity contribution in [3.05, 3.63) is 42.2 Å². The van der Waals surface area contributed by atoms with E-state index in [0.717, 1.165) is 16.3 Å². The molecule has 2 rings (SSSR count). The van der Waals surface area contributed by atoms with Crippen LogP contribution < -0.4 is 5.32 Å². The van der Waals surface area contributed by atoms with E-state index >= 15 is 0 Å². The van der Waals surface area contributed by atoms with Gasteiger partial charge in [0, 0.05) is 37.4 Å². The summed E-state index contributed by atoms with van der Waals surface area (Å²) in [6.07, 6.45) is 3.44. The standard InChI is InChI=1S/C18H23N3O3/c1-12(2)16(9-17(22)23)20-18(24)21(3)11-14-6-4-5-13-10-19-8-7-15(13)14/h4-8,10,12,16H,9,11H2,1-3H3,(H,20,24)(H,22,23). The third kappa shape index (κ3) is 4.44. The van der Waals surface area contributed by atoms with Crippen LogP contribution in [-0.4, -0.2) is 40.1 Å². The van der Waals surface area contributed by atoms with Gasteiger partial charge in [-0.15, -0.1) is 0 Å². The second kappa shape index (κ2) is 7.77. The lowest BCUT2D eigenvalue weighted by molar-refractivity contribution is -0.137. The maximum absolute atomic E-state index is 12.4. The van der Waals surface area contributed by atoms with Crippen LogP contribution in [0.3, 0.4) is 0 Å². The van der Waals surface area contributed by atoms with Gasteiger partial charge in [-0.05, 0) is 22.9 Å². The molecule has 6 nitrogen and oxygen atoms in total. The van der Waals surface area contributed by atoms with Crippen molar-refractivity contribution in [2.45, 2.75) is 32.9 Å². The molecule has 2 aromatic rings. The molecule has 0 aliphatic rings. The van der Waals surface area contributed by atoms with Gasteiger partial charge in [0.05, 0.1) is 6.42 Å². The molecule has 1 aromatic heterocycles. The average Bonchev–Trinajstić information content (AvgIpc) is 2.54. The zero-order valence-corrected chi connectivity index (χ0v) is 14.2. The van der Waals surface area contributed by atoms with Crippen LogP contribution in [0.2, 0.25) is 0 Å². The number of amides is 2. The van der Waals surface area contributed by atoms with Gasteiger partial charge in [0.1, 0.15) is 0 Å². The van der Waals surface area contributed by atoms with Gasteiger partial charge in [0.2, 0.25) is 0 Å². The molecular weight excluding hydrogens is 306 g/mol. The zero-order valence-electron chi connectivity index (χ0n) is 14.2. The van der Waals surface area contributed by atoms with Gasteiger partial charge < -0.3 is 15.3 Å². The number of rotatable bonds is 6. The summed E-state index contributed by atoms with van der Waals surface area (Å²) in [6.45, 7) is 4.22. The molecule has 24 heavy (non-hydrogen) atoms. The van der Waals surface area contributed by atoms with Gasteiger partial charge in [0.25, 0.3) is 0 Å². The SMILES string of the molecule is CC(C)C(CC(=O)O)NC(=O)N(C)Cc1cccc2cnccc12. The van der Waals surface area contributed by atoms with Crippen LogP contribution >= 0.6 is 0 Å². The van der Waals surface area contributed by atoms with Crippen molar-refractivity contribution < 1.29 is 14.7 Å². The summed E-state index contributed by atoms with van der Waals surface area (Å²) in [4.78, 5) is 29.0. The molecule has 0 saturated carbocycles. The lowest BCUT2D eigenvalue weighted by atomic mass is 10.0. The fourth-order valence-corrected chi connectivity index (χ4v) is 2.57. The van der Waals surface area contributed by atoms with Crippen molar-refractivity contribution in [2.24, 2.45) is 5.92 Å². The number of aromatic nitrogens is 1. The summed E-state index contributed by atoms with van der Waals surface area (Å²) in [5, 5.41) is 13.9. The van der Waals surface area contributed by atoms with Crippen LogP contribution in [0.25, 0.3) is 10.8 Å². The third-order valence-corrected chi connectivity index (χ3v) is 4.03. The average molecular weight is 329 g/mol. The number of pyridine rings is 1. The molecule has 0 radical (unpaired) electrons. The predicted octanol–water partition coefficient (Wildman–Crippen LogP) is 2.88. The Morgan fingerprint density at radius 3 is 2.71 bits per heavy atom. The van der Waals surface area contributed by atoms with E-state index in [1.54, 1.807) is 24.3 Å². The maximum atomic E-state index is 12.4. The molecule has 0 aliphatic heterocycles. The molecule has 0 fully saturated rings. The number of fused-ring (bicyclic) bond motifs is 1. The minimum absolute atomic E-state index is 0.0436. The van der Waals surface area contributed by atoms with Crippen molar-refractivity contribution >= 4 is 22.8 Å². The van der Waals surface area contributed by atoms with E-state index in [-0.39, 0.29) is 18.4 Å². The van der Waals surface area contributed by atoms with Gasteiger partial charge in [-0.25, -0.2) is 4.79 Å². The fourth-order valence-electron chi connectivity index (χ4n) is 2.57. The van der Waals surface area contributed by atoms with Crippen LogP contribution in [-0.2, 0) is 11.3 Å². The van der Waals surface area contributed by atoms with Crippen LogP contribution in [0, 0.1) is 5.92 Å².